The lowest BCUT2D eigenvalue weighted by molar-refractivity contribution is -0.117. The number of hydrogen-bond acceptors (Lipinski definition) is 4. The maximum Gasteiger partial charge on any atom is 0.327 e. The van der Waals surface area contributed by atoms with Gasteiger partial charge in [-0.1, -0.05) is 0 Å². The summed E-state index contributed by atoms with van der Waals surface area (Å²) in [5.41, 5.74) is 2.57. The molecule has 32 heavy (non-hydrogen) atoms. The third kappa shape index (κ3) is 3.70. The molecule has 3 heterocycles. The van der Waals surface area contributed by atoms with Gasteiger partial charge in [-0.25, -0.2) is 14.2 Å². The topological polar surface area (TPSA) is 83.4 Å². The molecule has 0 spiro atoms. The number of carbonyl (C=O) groups is 2. The molecule has 1 atom stereocenters. The minimum Gasteiger partial charge on any atom is -0.307 e. The summed E-state index contributed by atoms with van der Waals surface area (Å²) < 4.78 is 15.2. The van der Waals surface area contributed by atoms with Crippen molar-refractivity contribution in [3.63, 3.8) is 0 Å². The monoisotopic (exact) mass is 434 g/mol. The van der Waals surface area contributed by atoms with Crippen LogP contribution in [0.4, 0.5) is 26.4 Å². The highest BCUT2D eigenvalue weighted by molar-refractivity contribution is 6.07. The van der Waals surface area contributed by atoms with Gasteiger partial charge in [0.05, 0.1) is 29.7 Å². The quantitative estimate of drug-likeness (QED) is 0.669. The van der Waals surface area contributed by atoms with E-state index in [2.05, 4.69) is 10.4 Å². The van der Waals surface area contributed by atoms with Crippen LogP contribution in [0.3, 0.4) is 0 Å². The summed E-state index contributed by atoms with van der Waals surface area (Å²) in [6, 6.07) is 9.06. The van der Waals surface area contributed by atoms with E-state index < -0.39 is 6.03 Å². The number of aromatic nitrogens is 3. The third-order valence-corrected chi connectivity index (χ3v) is 5.76. The molecule has 164 valence electrons. The van der Waals surface area contributed by atoms with Crippen LogP contribution < -0.4 is 15.1 Å². The second-order valence-corrected chi connectivity index (χ2v) is 8.27. The van der Waals surface area contributed by atoms with Crippen LogP contribution in [-0.4, -0.2) is 39.3 Å². The van der Waals surface area contributed by atoms with Crippen molar-refractivity contribution in [1.29, 1.82) is 0 Å². The van der Waals surface area contributed by atoms with Crippen molar-refractivity contribution in [3.8, 4) is 11.3 Å². The number of fused-ring (bicyclic) bond motifs is 1. The van der Waals surface area contributed by atoms with E-state index in [4.69, 9.17) is 4.98 Å². The molecule has 2 aliphatic rings. The lowest BCUT2D eigenvalue weighted by Crippen LogP contribution is -2.52. The Balaban J connectivity index is 1.51. The molecular formula is C23H23FN6O2. The van der Waals surface area contributed by atoms with E-state index in [1.54, 1.807) is 11.1 Å². The van der Waals surface area contributed by atoms with Crippen LogP contribution in [0.1, 0.15) is 32.7 Å². The lowest BCUT2D eigenvalue weighted by atomic mass is 10.1. The summed E-state index contributed by atoms with van der Waals surface area (Å²) in [6.45, 7) is 3.66. The second kappa shape index (κ2) is 7.74. The van der Waals surface area contributed by atoms with Crippen LogP contribution in [-0.2, 0) is 4.79 Å². The Bertz CT molecular complexity index is 1190. The van der Waals surface area contributed by atoms with Gasteiger partial charge >= 0.3 is 6.03 Å². The first-order valence-corrected chi connectivity index (χ1v) is 10.6. The Hall–Kier alpha value is -3.75. The smallest absolute Gasteiger partial charge is 0.307 e. The van der Waals surface area contributed by atoms with Crippen molar-refractivity contribution in [3.05, 3.63) is 54.6 Å². The van der Waals surface area contributed by atoms with E-state index in [0.717, 1.165) is 18.4 Å². The van der Waals surface area contributed by atoms with Crippen molar-refractivity contribution >= 4 is 29.1 Å². The van der Waals surface area contributed by atoms with Gasteiger partial charge in [-0.2, -0.15) is 5.10 Å². The van der Waals surface area contributed by atoms with E-state index in [1.165, 1.54) is 36.1 Å². The molecule has 1 aromatic carbocycles. The molecule has 1 aliphatic carbocycles. The first kappa shape index (κ1) is 20.2. The highest BCUT2D eigenvalue weighted by Crippen LogP contribution is 2.38. The van der Waals surface area contributed by atoms with Crippen LogP contribution in [0.25, 0.3) is 11.3 Å². The van der Waals surface area contributed by atoms with E-state index >= 15 is 0 Å². The number of nitrogens with zero attached hydrogens (tertiary/aromatic N) is 5. The average Bonchev–Trinajstić information content (AvgIpc) is 3.50. The van der Waals surface area contributed by atoms with Gasteiger partial charge in [-0.15, -0.1) is 0 Å². The van der Waals surface area contributed by atoms with E-state index in [9.17, 15) is 14.0 Å². The second-order valence-electron chi connectivity index (χ2n) is 8.27. The van der Waals surface area contributed by atoms with Gasteiger partial charge < -0.3 is 10.2 Å². The number of anilines is 3. The molecule has 3 aromatic rings. The molecule has 0 bridgehead atoms. The lowest BCUT2D eigenvalue weighted by Gasteiger charge is -2.39. The van der Waals surface area contributed by atoms with Gasteiger partial charge in [0.25, 0.3) is 0 Å². The number of carbonyl (C=O) groups excluding carboxylic acids is 2. The van der Waals surface area contributed by atoms with Gasteiger partial charge in [-0.05, 0) is 56.2 Å². The fourth-order valence-corrected chi connectivity index (χ4v) is 4.05. The molecular weight excluding hydrogens is 411 g/mol. The average molecular weight is 434 g/mol. The zero-order valence-corrected chi connectivity index (χ0v) is 17.8. The SMILES string of the molecule is CC(=O)N1c2ccc(-c3cnn(C4CC4)c3)nc2N(C(=O)Nc2ccc(F)cc2)CC1C. The Morgan fingerprint density at radius 2 is 1.88 bits per heavy atom. The minimum absolute atomic E-state index is 0.117. The number of nitrogens with one attached hydrogen (secondary N) is 1. The number of amides is 3. The van der Waals surface area contributed by atoms with E-state index in [0.29, 0.717) is 28.9 Å². The molecule has 0 saturated heterocycles. The Morgan fingerprint density at radius 3 is 2.56 bits per heavy atom. The van der Waals surface area contributed by atoms with Crippen LogP contribution in [0.2, 0.25) is 0 Å². The van der Waals surface area contributed by atoms with Crippen molar-refractivity contribution in [2.75, 3.05) is 21.7 Å². The third-order valence-electron chi connectivity index (χ3n) is 5.76. The standard InChI is InChI=1S/C23H23FN6O2/c1-14-12-28(23(32)26-18-5-3-17(24)4-6-18)22-21(30(14)15(2)31)10-9-20(27-22)16-11-25-29(13-16)19-7-8-19/h3-6,9-11,13-14,19H,7-8,12H2,1-2H3,(H,26,32). The first-order chi connectivity index (χ1) is 15.4. The summed E-state index contributed by atoms with van der Waals surface area (Å²) >= 11 is 0. The maximum absolute atomic E-state index is 13.2. The summed E-state index contributed by atoms with van der Waals surface area (Å²) in [7, 11) is 0. The fourth-order valence-electron chi connectivity index (χ4n) is 4.05. The fraction of sp³-hybridized carbons (Fsp3) is 0.304. The predicted molar refractivity (Wildman–Crippen MR) is 119 cm³/mol. The van der Waals surface area contributed by atoms with Crippen molar-refractivity contribution in [2.45, 2.75) is 38.8 Å². The summed E-state index contributed by atoms with van der Waals surface area (Å²) in [5.74, 6) is -0.0990. The van der Waals surface area contributed by atoms with Gasteiger partial charge in [-0.3, -0.25) is 14.4 Å². The van der Waals surface area contributed by atoms with E-state index in [-0.39, 0.29) is 24.3 Å². The Kier molecular flexibility index (Phi) is 4.88. The van der Waals surface area contributed by atoms with Crippen molar-refractivity contribution in [2.24, 2.45) is 0 Å². The minimum atomic E-state index is -0.397. The Labute approximate surface area is 184 Å². The summed E-state index contributed by atoms with van der Waals surface area (Å²) in [4.78, 5) is 33.4. The van der Waals surface area contributed by atoms with Crippen LogP contribution in [0.15, 0.2) is 48.8 Å². The summed E-state index contributed by atoms with van der Waals surface area (Å²) in [6.07, 6.45) is 5.98. The largest absolute Gasteiger partial charge is 0.327 e. The molecule has 1 N–H and O–H groups in total. The normalized spacial score (nSPS) is 17.8. The van der Waals surface area contributed by atoms with Crippen molar-refractivity contribution in [1.82, 2.24) is 14.8 Å². The highest BCUT2D eigenvalue weighted by atomic mass is 19.1. The number of urea groups is 1. The number of halogens is 1. The van der Waals surface area contributed by atoms with Crippen LogP contribution >= 0.6 is 0 Å². The molecule has 8 nitrogen and oxygen atoms in total. The first-order valence-electron chi connectivity index (χ1n) is 10.6. The molecule has 1 unspecified atom stereocenters. The molecule has 1 saturated carbocycles. The molecule has 2 aromatic heterocycles. The van der Waals surface area contributed by atoms with Crippen LogP contribution in [0.5, 0.6) is 0 Å². The maximum atomic E-state index is 13.2. The zero-order chi connectivity index (χ0) is 22.4. The zero-order valence-electron chi connectivity index (χ0n) is 17.8. The number of benzene rings is 1. The molecule has 9 heteroatoms. The number of hydrogen-bond donors (Lipinski definition) is 1. The molecule has 1 fully saturated rings. The number of pyridine rings is 1. The summed E-state index contributed by atoms with van der Waals surface area (Å²) in [5, 5.41) is 7.22. The van der Waals surface area contributed by atoms with Crippen LogP contribution in [0, 0.1) is 5.82 Å². The van der Waals surface area contributed by atoms with Gasteiger partial charge in [0.1, 0.15) is 5.82 Å². The van der Waals surface area contributed by atoms with Crippen molar-refractivity contribution < 1.29 is 14.0 Å². The van der Waals surface area contributed by atoms with Gasteiger partial charge in [0, 0.05) is 30.9 Å². The van der Waals surface area contributed by atoms with Gasteiger partial charge in [0.15, 0.2) is 5.82 Å². The number of rotatable bonds is 3. The van der Waals surface area contributed by atoms with Gasteiger partial charge in [0.2, 0.25) is 5.91 Å². The highest BCUT2D eigenvalue weighted by Gasteiger charge is 2.35. The molecule has 3 amide bonds. The predicted octanol–water partition coefficient (Wildman–Crippen LogP) is 4.21. The molecule has 5 rings (SSSR count). The Morgan fingerprint density at radius 1 is 1.12 bits per heavy atom. The molecule has 0 radical (unpaired) electrons. The molecule has 1 aliphatic heterocycles. The van der Waals surface area contributed by atoms with E-state index in [1.807, 2.05) is 29.9 Å².